The summed E-state index contributed by atoms with van der Waals surface area (Å²) in [4.78, 5) is 13.6. The molecule has 0 saturated carbocycles. The predicted octanol–water partition coefficient (Wildman–Crippen LogP) is 3.34. The first-order chi connectivity index (χ1) is 11.4. The van der Waals surface area contributed by atoms with Crippen molar-refractivity contribution in [2.45, 2.75) is 17.1 Å². The number of sulfonamides is 1. The van der Waals surface area contributed by atoms with E-state index < -0.39 is 10.0 Å². The van der Waals surface area contributed by atoms with Gasteiger partial charge in [-0.3, -0.25) is 9.52 Å². The van der Waals surface area contributed by atoms with E-state index in [1.54, 1.807) is 23.1 Å². The van der Waals surface area contributed by atoms with Gasteiger partial charge in [0.15, 0.2) is 0 Å². The first kappa shape index (κ1) is 17.1. The number of anilines is 2. The van der Waals surface area contributed by atoms with Gasteiger partial charge in [0.2, 0.25) is 5.91 Å². The second kappa shape index (κ2) is 6.62. The Hall–Kier alpha value is -1.77. The average Bonchev–Trinajstić information content (AvgIpc) is 3.15. The van der Waals surface area contributed by atoms with E-state index in [-0.39, 0.29) is 10.1 Å². The van der Waals surface area contributed by atoms with Crippen LogP contribution in [0.5, 0.6) is 5.75 Å². The Labute approximate surface area is 149 Å². The molecule has 1 aromatic carbocycles. The van der Waals surface area contributed by atoms with E-state index in [1.807, 2.05) is 0 Å². The van der Waals surface area contributed by atoms with Crippen LogP contribution in [0.25, 0.3) is 0 Å². The number of nitrogens with zero attached hydrogens (tertiary/aromatic N) is 1. The molecular formula is C15H15ClN2O4S2. The van der Waals surface area contributed by atoms with Gasteiger partial charge in [-0.15, -0.1) is 11.3 Å². The van der Waals surface area contributed by atoms with Crippen LogP contribution in [0.1, 0.15) is 12.8 Å². The molecule has 0 radical (unpaired) electrons. The zero-order valence-corrected chi connectivity index (χ0v) is 15.2. The number of halogens is 1. The normalized spacial score (nSPS) is 14.9. The molecule has 6 nitrogen and oxygen atoms in total. The van der Waals surface area contributed by atoms with Crippen molar-refractivity contribution >= 4 is 50.2 Å². The Morgan fingerprint density at radius 2 is 2.08 bits per heavy atom. The summed E-state index contributed by atoms with van der Waals surface area (Å²) in [6.07, 6.45) is 1.25. The van der Waals surface area contributed by atoms with E-state index in [0.29, 0.717) is 34.4 Å². The van der Waals surface area contributed by atoms with Crippen LogP contribution in [-0.4, -0.2) is 28.0 Å². The molecule has 0 aliphatic carbocycles. The first-order valence-corrected chi connectivity index (χ1v) is 9.85. The van der Waals surface area contributed by atoms with E-state index in [1.165, 1.54) is 19.2 Å². The summed E-state index contributed by atoms with van der Waals surface area (Å²) < 4.78 is 33.1. The monoisotopic (exact) mass is 386 g/mol. The zero-order chi connectivity index (χ0) is 17.3. The fourth-order valence-corrected chi connectivity index (χ4v) is 5.05. The maximum Gasteiger partial charge on any atom is 0.271 e. The molecule has 1 aromatic heterocycles. The van der Waals surface area contributed by atoms with Gasteiger partial charge in [-0.1, -0.05) is 11.6 Å². The first-order valence-electron chi connectivity index (χ1n) is 7.17. The van der Waals surface area contributed by atoms with Gasteiger partial charge in [-0.25, -0.2) is 8.42 Å². The Morgan fingerprint density at radius 3 is 2.67 bits per heavy atom. The highest BCUT2D eigenvalue weighted by atomic mass is 35.5. The van der Waals surface area contributed by atoms with Crippen molar-refractivity contribution in [2.75, 3.05) is 23.3 Å². The van der Waals surface area contributed by atoms with Gasteiger partial charge in [0.1, 0.15) is 9.96 Å². The van der Waals surface area contributed by atoms with Crippen molar-refractivity contribution in [1.82, 2.24) is 0 Å². The highest BCUT2D eigenvalue weighted by Crippen LogP contribution is 2.35. The van der Waals surface area contributed by atoms with Gasteiger partial charge in [0.05, 0.1) is 22.8 Å². The molecule has 24 heavy (non-hydrogen) atoms. The molecule has 1 fully saturated rings. The number of nitrogens with one attached hydrogen (secondary N) is 1. The SMILES string of the molecule is COc1ccc(NS(=O)(=O)c2ccc(Cl)s2)cc1N1CCCC1=O. The summed E-state index contributed by atoms with van der Waals surface area (Å²) in [7, 11) is -2.22. The molecule has 1 amide bonds. The van der Waals surface area contributed by atoms with E-state index in [9.17, 15) is 13.2 Å². The van der Waals surface area contributed by atoms with Crippen LogP contribution in [-0.2, 0) is 14.8 Å². The molecule has 9 heteroatoms. The maximum atomic E-state index is 12.4. The van der Waals surface area contributed by atoms with Crippen molar-refractivity contribution in [1.29, 1.82) is 0 Å². The zero-order valence-electron chi connectivity index (χ0n) is 12.8. The molecule has 2 aromatic rings. The van der Waals surface area contributed by atoms with Crippen molar-refractivity contribution in [2.24, 2.45) is 0 Å². The van der Waals surface area contributed by atoms with Crippen LogP contribution in [0.2, 0.25) is 4.34 Å². The molecule has 128 valence electrons. The second-order valence-corrected chi connectivity index (χ2v) is 8.82. The largest absolute Gasteiger partial charge is 0.495 e. The highest BCUT2D eigenvalue weighted by molar-refractivity contribution is 7.94. The van der Waals surface area contributed by atoms with Gasteiger partial charge in [0, 0.05) is 13.0 Å². The van der Waals surface area contributed by atoms with E-state index in [2.05, 4.69) is 4.72 Å². The number of rotatable bonds is 5. The Balaban J connectivity index is 1.93. The lowest BCUT2D eigenvalue weighted by molar-refractivity contribution is -0.117. The van der Waals surface area contributed by atoms with Crippen LogP contribution in [0, 0.1) is 0 Å². The van der Waals surface area contributed by atoms with Gasteiger partial charge in [-0.05, 0) is 36.8 Å². The highest BCUT2D eigenvalue weighted by Gasteiger charge is 2.25. The lowest BCUT2D eigenvalue weighted by atomic mass is 10.2. The standard InChI is InChI=1S/C15H15ClN2O4S2/c1-22-12-5-4-10(9-11(12)18-8-2-3-14(18)19)17-24(20,21)15-7-6-13(16)23-15/h4-7,9,17H,2-3,8H2,1H3. The van der Waals surface area contributed by atoms with Crippen LogP contribution in [0.3, 0.4) is 0 Å². The number of thiophene rings is 1. The summed E-state index contributed by atoms with van der Waals surface area (Å²) in [5.74, 6) is 0.519. The third-order valence-corrected chi connectivity index (χ3v) is 6.71. The molecule has 0 spiro atoms. The van der Waals surface area contributed by atoms with E-state index in [0.717, 1.165) is 17.8 Å². The Kier molecular flexibility index (Phi) is 4.71. The molecule has 3 rings (SSSR count). The lowest BCUT2D eigenvalue weighted by Gasteiger charge is -2.20. The molecule has 0 bridgehead atoms. The third kappa shape index (κ3) is 3.35. The van der Waals surface area contributed by atoms with Gasteiger partial charge < -0.3 is 9.64 Å². The lowest BCUT2D eigenvalue weighted by Crippen LogP contribution is -2.24. The second-order valence-electron chi connectivity index (χ2n) is 5.20. The topological polar surface area (TPSA) is 75.7 Å². The summed E-state index contributed by atoms with van der Waals surface area (Å²) in [5, 5.41) is 0. The Morgan fingerprint density at radius 1 is 1.29 bits per heavy atom. The fourth-order valence-electron chi connectivity index (χ4n) is 2.51. The minimum Gasteiger partial charge on any atom is -0.495 e. The van der Waals surface area contributed by atoms with E-state index >= 15 is 0 Å². The summed E-state index contributed by atoms with van der Waals surface area (Å²) in [6.45, 7) is 0.589. The van der Waals surface area contributed by atoms with Crippen molar-refractivity contribution < 1.29 is 17.9 Å². The average molecular weight is 387 g/mol. The van der Waals surface area contributed by atoms with E-state index in [4.69, 9.17) is 16.3 Å². The summed E-state index contributed by atoms with van der Waals surface area (Å²) in [5.41, 5.74) is 0.916. The molecule has 0 atom stereocenters. The summed E-state index contributed by atoms with van der Waals surface area (Å²) in [6, 6.07) is 7.82. The number of benzene rings is 1. The van der Waals surface area contributed by atoms with Crippen LogP contribution in [0.4, 0.5) is 11.4 Å². The maximum absolute atomic E-state index is 12.4. The summed E-state index contributed by atoms with van der Waals surface area (Å²) >= 11 is 6.78. The Bertz CT molecular complexity index is 879. The number of hydrogen-bond acceptors (Lipinski definition) is 5. The number of ether oxygens (including phenoxy) is 1. The smallest absolute Gasteiger partial charge is 0.271 e. The van der Waals surface area contributed by atoms with Crippen LogP contribution >= 0.6 is 22.9 Å². The van der Waals surface area contributed by atoms with Crippen molar-refractivity contribution in [3.05, 3.63) is 34.7 Å². The van der Waals surface area contributed by atoms with Gasteiger partial charge >= 0.3 is 0 Å². The van der Waals surface area contributed by atoms with Gasteiger partial charge in [-0.2, -0.15) is 0 Å². The molecule has 1 aliphatic heterocycles. The number of carbonyl (C=O) groups excluding carboxylic acids is 1. The minimum atomic E-state index is -3.73. The number of carbonyl (C=O) groups is 1. The number of methoxy groups -OCH3 is 1. The van der Waals surface area contributed by atoms with Crippen molar-refractivity contribution in [3.63, 3.8) is 0 Å². The van der Waals surface area contributed by atoms with Crippen LogP contribution in [0.15, 0.2) is 34.5 Å². The molecule has 1 N–H and O–H groups in total. The molecule has 2 heterocycles. The quantitative estimate of drug-likeness (QED) is 0.855. The van der Waals surface area contributed by atoms with Crippen LogP contribution < -0.4 is 14.4 Å². The molecular weight excluding hydrogens is 372 g/mol. The number of hydrogen-bond donors (Lipinski definition) is 1. The fraction of sp³-hybridized carbons (Fsp3) is 0.267. The van der Waals surface area contributed by atoms with Crippen molar-refractivity contribution in [3.8, 4) is 5.75 Å². The molecule has 1 saturated heterocycles. The number of amides is 1. The van der Waals surface area contributed by atoms with Gasteiger partial charge in [0.25, 0.3) is 10.0 Å². The predicted molar refractivity (Wildman–Crippen MR) is 94.7 cm³/mol. The third-order valence-electron chi connectivity index (χ3n) is 3.61. The molecule has 1 aliphatic rings. The minimum absolute atomic E-state index is 0.00153. The molecule has 0 unspecified atom stereocenters.